The zero-order chi connectivity index (χ0) is 32.9. The molecule has 0 aliphatic carbocycles. The quantitative estimate of drug-likeness (QED) is 0.151. The van der Waals surface area contributed by atoms with Gasteiger partial charge in [0.05, 0.1) is 72.0 Å². The molecule has 2 fully saturated rings. The third kappa shape index (κ3) is 8.31. The lowest BCUT2D eigenvalue weighted by molar-refractivity contribution is -0.126. The fraction of sp³-hybridized carbons (Fsp3) is 0.500. The number of hydrogen-bond acceptors (Lipinski definition) is 8. The topological polar surface area (TPSA) is 58.2 Å². The first-order valence-electron chi connectivity index (χ1n) is 14.9. The molecule has 2 N–H and O–H groups in total. The molecule has 14 heteroatoms. The van der Waals surface area contributed by atoms with E-state index in [1.165, 1.54) is 13.2 Å². The largest absolute Gasteiger partial charge is 0.489 e. The summed E-state index contributed by atoms with van der Waals surface area (Å²) in [5.74, 6) is 2.60. The van der Waals surface area contributed by atoms with Crippen LogP contribution < -0.4 is 20.3 Å². The third-order valence-electron chi connectivity index (χ3n) is 7.83. The van der Waals surface area contributed by atoms with E-state index in [-0.39, 0.29) is 30.0 Å². The molecule has 0 bridgehead atoms. The molecule has 2 aliphatic rings. The molecule has 2 saturated heterocycles. The van der Waals surface area contributed by atoms with Gasteiger partial charge in [-0.2, -0.15) is 13.2 Å². The molecule has 250 valence electrons. The van der Waals surface area contributed by atoms with Crippen molar-refractivity contribution < 1.29 is 40.6 Å². The van der Waals surface area contributed by atoms with E-state index in [2.05, 4.69) is 22.5 Å². The fourth-order valence-corrected chi connectivity index (χ4v) is 6.75. The first kappa shape index (κ1) is 34.0. The summed E-state index contributed by atoms with van der Waals surface area (Å²) in [5.41, 5.74) is 1.04. The van der Waals surface area contributed by atoms with E-state index in [9.17, 15) is 22.0 Å². The minimum atomic E-state index is -4.51. The number of morpholine rings is 1. The maximum atomic E-state index is 15.2. The van der Waals surface area contributed by atoms with Crippen LogP contribution >= 0.6 is 11.3 Å². The van der Waals surface area contributed by atoms with Crippen LogP contribution in [0.4, 0.5) is 43.4 Å². The maximum absolute atomic E-state index is 15.2. The lowest BCUT2D eigenvalue weighted by atomic mass is 10.0. The molecule has 46 heavy (non-hydrogen) atoms. The number of likely N-dealkylation sites (tertiary alicyclic amines) is 1. The van der Waals surface area contributed by atoms with Gasteiger partial charge in [0.25, 0.3) is 5.92 Å². The van der Waals surface area contributed by atoms with Gasteiger partial charge in [-0.25, -0.2) is 13.2 Å². The van der Waals surface area contributed by atoms with Crippen molar-refractivity contribution in [2.75, 3.05) is 88.8 Å². The molecule has 0 saturated carbocycles. The summed E-state index contributed by atoms with van der Waals surface area (Å²) in [7, 11) is 3.16. The summed E-state index contributed by atoms with van der Waals surface area (Å²) in [6, 6.07) is 6.46. The van der Waals surface area contributed by atoms with Gasteiger partial charge in [-0.15, -0.1) is 11.3 Å². The smallest absolute Gasteiger partial charge is 0.393 e. The zero-order valence-corrected chi connectivity index (χ0v) is 26.4. The van der Waals surface area contributed by atoms with Crippen molar-refractivity contribution in [1.29, 1.82) is 0 Å². The number of methoxy groups -OCH3 is 1. The number of anilines is 3. The minimum absolute atomic E-state index is 0.0108. The summed E-state index contributed by atoms with van der Waals surface area (Å²) in [6.07, 6.45) is -5.55. The zero-order valence-electron chi connectivity index (χ0n) is 25.5. The van der Waals surface area contributed by atoms with Gasteiger partial charge in [-0.3, -0.25) is 0 Å². The molecule has 3 aromatic rings. The van der Waals surface area contributed by atoms with E-state index in [4.69, 9.17) is 14.2 Å². The number of fused-ring (bicyclic) bond motifs is 1. The Morgan fingerprint density at radius 3 is 2.61 bits per heavy atom. The van der Waals surface area contributed by atoms with Gasteiger partial charge in [-0.1, -0.05) is 24.0 Å². The van der Waals surface area contributed by atoms with E-state index in [0.717, 1.165) is 11.3 Å². The Bertz CT molecular complexity index is 1570. The summed E-state index contributed by atoms with van der Waals surface area (Å²) >= 11 is 1.03. The average Bonchev–Trinajstić information content (AvgIpc) is 3.34. The molecule has 2 aliphatic heterocycles. The van der Waals surface area contributed by atoms with Crippen LogP contribution in [0.2, 0.25) is 0 Å². The van der Waals surface area contributed by atoms with Crippen LogP contribution in [0.15, 0.2) is 30.3 Å². The van der Waals surface area contributed by atoms with E-state index in [1.54, 1.807) is 36.2 Å². The Labute approximate surface area is 267 Å². The van der Waals surface area contributed by atoms with Gasteiger partial charge in [0, 0.05) is 38.9 Å². The summed E-state index contributed by atoms with van der Waals surface area (Å²) < 4.78 is 103. The molecule has 7 nitrogen and oxygen atoms in total. The lowest BCUT2D eigenvalue weighted by Gasteiger charge is -2.37. The predicted molar refractivity (Wildman–Crippen MR) is 168 cm³/mol. The molecule has 1 atom stereocenters. The number of halogens is 6. The van der Waals surface area contributed by atoms with Crippen LogP contribution in [0.3, 0.4) is 0 Å². The second kappa shape index (κ2) is 14.6. The van der Waals surface area contributed by atoms with Crippen molar-refractivity contribution in [2.45, 2.75) is 31.0 Å². The average molecular weight is 671 g/mol. The summed E-state index contributed by atoms with van der Waals surface area (Å²) in [5, 5.41) is 6.25. The Balaban J connectivity index is 1.40. The second-order valence-electron chi connectivity index (χ2n) is 11.3. The first-order valence-corrected chi connectivity index (χ1v) is 15.7. The molecule has 3 heterocycles. The van der Waals surface area contributed by atoms with Gasteiger partial charge in [-0.05, 0) is 30.5 Å². The van der Waals surface area contributed by atoms with E-state index in [1.807, 2.05) is 4.90 Å². The molecule has 2 aromatic carbocycles. The highest BCUT2D eigenvalue weighted by atomic mass is 32.1. The molecule has 0 radical (unpaired) electrons. The van der Waals surface area contributed by atoms with Crippen molar-refractivity contribution in [1.82, 2.24) is 4.90 Å². The van der Waals surface area contributed by atoms with Gasteiger partial charge < -0.3 is 34.6 Å². The standard InChI is InChI=1S/C32H36F6N4O3S/c1-41-10-8-29(31(34,35)20-41)40-24-6-3-5-21-22(19-32(36,37)38)28(46-30(21)24)7-4-9-39-25-17-23(33)26(42-11-13-44-14-12-42)18-27(25)45-16-15-43-2/h3,5-6,17-18,29,39-40H,8-16,19-20H2,1-2H3. The second-order valence-corrected chi connectivity index (χ2v) is 12.3. The Hall–Kier alpha value is -3.38. The molecular formula is C32H36F6N4O3S. The summed E-state index contributed by atoms with van der Waals surface area (Å²) in [4.78, 5) is 3.60. The highest BCUT2D eigenvalue weighted by Crippen LogP contribution is 2.40. The number of ether oxygens (including phenoxy) is 3. The number of hydrogen-bond donors (Lipinski definition) is 2. The SMILES string of the molecule is COCCOc1cc(N2CCOCC2)c(F)cc1NCC#Cc1sc2c(NC3CCN(C)CC3(F)F)cccc2c1CC(F)(F)F. The molecule has 5 rings (SSSR count). The van der Waals surface area contributed by atoms with Crippen molar-refractivity contribution in [2.24, 2.45) is 0 Å². The van der Waals surface area contributed by atoms with Crippen LogP contribution in [0, 0.1) is 17.7 Å². The minimum Gasteiger partial charge on any atom is -0.489 e. The third-order valence-corrected chi connectivity index (χ3v) is 9.03. The van der Waals surface area contributed by atoms with Gasteiger partial charge in [0.1, 0.15) is 18.2 Å². The monoisotopic (exact) mass is 670 g/mol. The molecular weight excluding hydrogens is 634 g/mol. The number of thiophene rings is 1. The Morgan fingerprint density at radius 2 is 1.89 bits per heavy atom. The number of nitrogens with one attached hydrogen (secondary N) is 2. The van der Waals surface area contributed by atoms with Crippen molar-refractivity contribution >= 4 is 38.5 Å². The number of alkyl halides is 5. The Kier molecular flexibility index (Phi) is 10.8. The molecule has 0 amide bonds. The molecule has 0 spiro atoms. The van der Waals surface area contributed by atoms with E-state index < -0.39 is 36.9 Å². The van der Waals surface area contributed by atoms with Crippen LogP contribution in [-0.2, 0) is 15.9 Å². The predicted octanol–water partition coefficient (Wildman–Crippen LogP) is 6.22. The van der Waals surface area contributed by atoms with Gasteiger partial charge in [0.15, 0.2) is 0 Å². The van der Waals surface area contributed by atoms with Crippen LogP contribution in [-0.4, -0.2) is 96.3 Å². The molecule has 1 unspecified atom stereocenters. The van der Waals surface area contributed by atoms with Crippen LogP contribution in [0.25, 0.3) is 10.1 Å². The maximum Gasteiger partial charge on any atom is 0.393 e. The number of piperidine rings is 1. The van der Waals surface area contributed by atoms with Crippen molar-refractivity contribution in [3.05, 3.63) is 46.6 Å². The number of benzene rings is 2. The van der Waals surface area contributed by atoms with Crippen molar-refractivity contribution in [3.8, 4) is 17.6 Å². The van der Waals surface area contributed by atoms with E-state index >= 15 is 4.39 Å². The summed E-state index contributed by atoms with van der Waals surface area (Å²) in [6.45, 7) is 2.57. The van der Waals surface area contributed by atoms with Gasteiger partial charge >= 0.3 is 6.18 Å². The fourth-order valence-electron chi connectivity index (χ4n) is 5.58. The lowest BCUT2D eigenvalue weighted by Crippen LogP contribution is -2.53. The van der Waals surface area contributed by atoms with Gasteiger partial charge in [0.2, 0.25) is 0 Å². The molecule has 1 aromatic heterocycles. The Morgan fingerprint density at radius 1 is 1.11 bits per heavy atom. The first-order chi connectivity index (χ1) is 21.9. The van der Waals surface area contributed by atoms with E-state index in [0.29, 0.717) is 72.4 Å². The highest BCUT2D eigenvalue weighted by molar-refractivity contribution is 7.20. The number of rotatable bonds is 10. The van der Waals surface area contributed by atoms with Crippen LogP contribution in [0.1, 0.15) is 16.9 Å². The normalized spacial score (nSPS) is 18.7. The van der Waals surface area contributed by atoms with Crippen LogP contribution in [0.5, 0.6) is 5.75 Å². The highest BCUT2D eigenvalue weighted by Gasteiger charge is 2.44. The number of nitrogens with zero attached hydrogens (tertiary/aromatic N) is 2. The van der Waals surface area contributed by atoms with Crippen molar-refractivity contribution in [3.63, 3.8) is 0 Å².